The Morgan fingerprint density at radius 2 is 1.95 bits per heavy atom. The summed E-state index contributed by atoms with van der Waals surface area (Å²) in [6.07, 6.45) is 7.05. The van der Waals surface area contributed by atoms with Gasteiger partial charge in [0, 0.05) is 52.8 Å². The molecule has 20 heavy (non-hydrogen) atoms. The molecule has 118 valence electrons. The Bertz CT molecular complexity index is 301. The lowest BCUT2D eigenvalue weighted by Crippen LogP contribution is -2.52. The number of aliphatic imine (C=N–C) groups is 1. The predicted molar refractivity (Wildman–Crippen MR) is 92.0 cm³/mol. The van der Waals surface area contributed by atoms with Crippen LogP contribution < -0.4 is 10.6 Å². The van der Waals surface area contributed by atoms with Crippen LogP contribution in [0.3, 0.4) is 0 Å². The minimum absolute atomic E-state index is 0. The normalized spacial score (nSPS) is 23.2. The summed E-state index contributed by atoms with van der Waals surface area (Å²) in [5.41, 5.74) is -0.106. The highest BCUT2D eigenvalue weighted by molar-refractivity contribution is 14.0. The first-order valence-electron chi connectivity index (χ1n) is 7.38. The van der Waals surface area contributed by atoms with Gasteiger partial charge in [0.15, 0.2) is 5.96 Å². The van der Waals surface area contributed by atoms with Gasteiger partial charge < -0.3 is 20.1 Å². The SMILES string of the molecule is CN=C(NCC1(OC)CCOCC1)NC1CCCC1.I. The second-order valence-corrected chi connectivity index (χ2v) is 5.55. The lowest BCUT2D eigenvalue weighted by molar-refractivity contribution is -0.0855. The summed E-state index contributed by atoms with van der Waals surface area (Å²) in [6, 6.07) is 0.583. The Morgan fingerprint density at radius 3 is 2.50 bits per heavy atom. The standard InChI is InChI=1S/C14H27N3O2.HI/c1-15-13(17-12-5-3-4-6-12)16-11-14(18-2)7-9-19-10-8-14;/h12H,3-11H2,1-2H3,(H2,15,16,17);1H. The van der Waals surface area contributed by atoms with E-state index in [2.05, 4.69) is 15.6 Å². The van der Waals surface area contributed by atoms with Crippen LogP contribution in [0.4, 0.5) is 0 Å². The van der Waals surface area contributed by atoms with E-state index in [4.69, 9.17) is 9.47 Å². The Morgan fingerprint density at radius 1 is 1.30 bits per heavy atom. The van der Waals surface area contributed by atoms with Crippen LogP contribution in [0.5, 0.6) is 0 Å². The quantitative estimate of drug-likeness (QED) is 0.432. The molecule has 2 fully saturated rings. The van der Waals surface area contributed by atoms with E-state index < -0.39 is 0 Å². The smallest absolute Gasteiger partial charge is 0.191 e. The molecule has 0 unspecified atom stereocenters. The number of halogens is 1. The Labute approximate surface area is 139 Å². The van der Waals surface area contributed by atoms with Gasteiger partial charge in [-0.05, 0) is 12.8 Å². The van der Waals surface area contributed by atoms with Crippen molar-refractivity contribution >= 4 is 29.9 Å². The van der Waals surface area contributed by atoms with Gasteiger partial charge in [-0.2, -0.15) is 0 Å². The Hall–Kier alpha value is -0.0800. The van der Waals surface area contributed by atoms with Crippen molar-refractivity contribution in [2.24, 2.45) is 4.99 Å². The maximum Gasteiger partial charge on any atom is 0.191 e. The van der Waals surface area contributed by atoms with Crippen LogP contribution >= 0.6 is 24.0 Å². The molecule has 0 spiro atoms. The van der Waals surface area contributed by atoms with Gasteiger partial charge in [0.05, 0.1) is 5.60 Å². The van der Waals surface area contributed by atoms with E-state index in [1.165, 1.54) is 25.7 Å². The summed E-state index contributed by atoms with van der Waals surface area (Å²) in [7, 11) is 3.62. The maximum atomic E-state index is 5.72. The fourth-order valence-electron chi connectivity index (χ4n) is 2.90. The summed E-state index contributed by atoms with van der Waals surface area (Å²) in [4.78, 5) is 4.31. The number of rotatable bonds is 4. The fraction of sp³-hybridized carbons (Fsp3) is 0.929. The number of hydrogen-bond acceptors (Lipinski definition) is 3. The van der Waals surface area contributed by atoms with Gasteiger partial charge in [-0.25, -0.2) is 0 Å². The van der Waals surface area contributed by atoms with E-state index in [1.807, 2.05) is 7.05 Å². The first-order valence-corrected chi connectivity index (χ1v) is 7.38. The zero-order chi connectivity index (χ0) is 13.6. The van der Waals surface area contributed by atoms with Gasteiger partial charge in [-0.1, -0.05) is 12.8 Å². The molecule has 0 amide bonds. The van der Waals surface area contributed by atoms with E-state index in [0.29, 0.717) is 6.04 Å². The highest BCUT2D eigenvalue weighted by Crippen LogP contribution is 2.23. The van der Waals surface area contributed by atoms with Crippen molar-refractivity contribution in [3.05, 3.63) is 0 Å². The second-order valence-electron chi connectivity index (χ2n) is 5.55. The first kappa shape index (κ1) is 18.0. The molecular weight excluding hydrogens is 369 g/mol. The van der Waals surface area contributed by atoms with Crippen molar-refractivity contribution in [3.63, 3.8) is 0 Å². The van der Waals surface area contributed by atoms with Crippen molar-refractivity contribution in [3.8, 4) is 0 Å². The van der Waals surface area contributed by atoms with Crippen molar-refractivity contribution < 1.29 is 9.47 Å². The van der Waals surface area contributed by atoms with Gasteiger partial charge in [-0.15, -0.1) is 24.0 Å². The minimum atomic E-state index is -0.106. The fourth-order valence-corrected chi connectivity index (χ4v) is 2.90. The van der Waals surface area contributed by atoms with E-state index in [1.54, 1.807) is 7.11 Å². The van der Waals surface area contributed by atoms with Gasteiger partial charge in [0.25, 0.3) is 0 Å². The summed E-state index contributed by atoms with van der Waals surface area (Å²) in [6.45, 7) is 2.35. The third-order valence-electron chi connectivity index (χ3n) is 4.33. The van der Waals surface area contributed by atoms with Crippen molar-refractivity contribution in [2.45, 2.75) is 50.2 Å². The van der Waals surface area contributed by atoms with E-state index in [0.717, 1.165) is 38.6 Å². The topological polar surface area (TPSA) is 54.9 Å². The Kier molecular flexibility index (Phi) is 8.13. The van der Waals surface area contributed by atoms with Crippen molar-refractivity contribution in [2.75, 3.05) is 33.9 Å². The van der Waals surface area contributed by atoms with Gasteiger partial charge in [-0.3, -0.25) is 4.99 Å². The lowest BCUT2D eigenvalue weighted by Gasteiger charge is -2.36. The maximum absolute atomic E-state index is 5.72. The van der Waals surface area contributed by atoms with Crippen molar-refractivity contribution in [1.82, 2.24) is 10.6 Å². The molecular formula is C14H28IN3O2. The number of methoxy groups -OCH3 is 1. The number of ether oxygens (including phenoxy) is 2. The number of nitrogens with zero attached hydrogens (tertiary/aromatic N) is 1. The molecule has 0 aromatic heterocycles. The summed E-state index contributed by atoms with van der Waals surface area (Å²) in [5, 5.41) is 6.91. The summed E-state index contributed by atoms with van der Waals surface area (Å²) in [5.74, 6) is 0.898. The third-order valence-corrected chi connectivity index (χ3v) is 4.33. The van der Waals surface area contributed by atoms with E-state index in [9.17, 15) is 0 Å². The Balaban J connectivity index is 0.00000200. The van der Waals surface area contributed by atoms with Crippen LogP contribution in [0.25, 0.3) is 0 Å². The molecule has 2 N–H and O–H groups in total. The first-order chi connectivity index (χ1) is 9.28. The highest BCUT2D eigenvalue weighted by atomic mass is 127. The van der Waals surface area contributed by atoms with E-state index in [-0.39, 0.29) is 29.6 Å². The van der Waals surface area contributed by atoms with Gasteiger partial charge in [0.1, 0.15) is 0 Å². The van der Waals surface area contributed by atoms with Gasteiger partial charge in [0.2, 0.25) is 0 Å². The number of guanidine groups is 1. The minimum Gasteiger partial charge on any atom is -0.381 e. The number of hydrogen-bond donors (Lipinski definition) is 2. The average molecular weight is 397 g/mol. The molecule has 1 heterocycles. The molecule has 0 radical (unpaired) electrons. The third kappa shape index (κ3) is 5.04. The predicted octanol–water partition coefficient (Wildman–Crippen LogP) is 1.91. The molecule has 0 aromatic rings. The zero-order valence-electron chi connectivity index (χ0n) is 12.6. The average Bonchev–Trinajstić information content (AvgIpc) is 2.97. The van der Waals surface area contributed by atoms with Crippen LogP contribution in [0.15, 0.2) is 4.99 Å². The zero-order valence-corrected chi connectivity index (χ0v) is 14.9. The second kappa shape index (κ2) is 9.04. The molecule has 5 nitrogen and oxygen atoms in total. The monoisotopic (exact) mass is 397 g/mol. The summed E-state index contributed by atoms with van der Waals surface area (Å²) < 4.78 is 11.1. The van der Waals surface area contributed by atoms with Crippen molar-refractivity contribution in [1.29, 1.82) is 0 Å². The van der Waals surface area contributed by atoms with Crippen LogP contribution in [0.2, 0.25) is 0 Å². The van der Waals surface area contributed by atoms with E-state index >= 15 is 0 Å². The molecule has 1 saturated carbocycles. The molecule has 1 aliphatic carbocycles. The molecule has 0 aromatic carbocycles. The molecule has 0 bridgehead atoms. The molecule has 0 atom stereocenters. The molecule has 1 aliphatic heterocycles. The highest BCUT2D eigenvalue weighted by Gasteiger charge is 2.32. The van der Waals surface area contributed by atoms with Gasteiger partial charge >= 0.3 is 0 Å². The van der Waals surface area contributed by atoms with Crippen LogP contribution in [0, 0.1) is 0 Å². The largest absolute Gasteiger partial charge is 0.381 e. The number of nitrogens with one attached hydrogen (secondary N) is 2. The molecule has 6 heteroatoms. The molecule has 2 rings (SSSR count). The summed E-state index contributed by atoms with van der Waals surface area (Å²) >= 11 is 0. The van der Waals surface area contributed by atoms with Crippen LogP contribution in [0.1, 0.15) is 38.5 Å². The van der Waals surface area contributed by atoms with Crippen LogP contribution in [-0.2, 0) is 9.47 Å². The lowest BCUT2D eigenvalue weighted by atomic mass is 9.94. The van der Waals surface area contributed by atoms with Crippen LogP contribution in [-0.4, -0.2) is 51.5 Å². The molecule has 1 saturated heterocycles. The molecule has 2 aliphatic rings.